The predicted molar refractivity (Wildman–Crippen MR) is 62.8 cm³/mol. The number of hydrogen-bond acceptors (Lipinski definition) is 5. The quantitative estimate of drug-likeness (QED) is 0.773. The lowest BCUT2D eigenvalue weighted by Crippen LogP contribution is -2.28. The molecular weight excluding hydrogens is 234 g/mol. The first kappa shape index (κ1) is 12.2. The van der Waals surface area contributed by atoms with Crippen LogP contribution in [0.1, 0.15) is 36.2 Å². The molecule has 0 atom stereocenters. The first-order valence-corrected chi connectivity index (χ1v) is 5.71. The van der Waals surface area contributed by atoms with Crippen molar-refractivity contribution in [1.82, 2.24) is 35.5 Å². The maximum Gasteiger partial charge on any atom is 0.291 e. The summed E-state index contributed by atoms with van der Waals surface area (Å²) in [5.74, 6) is 0.793. The molecule has 96 valence electrons. The molecule has 8 nitrogen and oxygen atoms in total. The third-order valence-corrected chi connectivity index (χ3v) is 2.35. The summed E-state index contributed by atoms with van der Waals surface area (Å²) in [4.78, 5) is 15.8. The van der Waals surface area contributed by atoms with Crippen molar-refractivity contribution in [2.75, 3.05) is 6.54 Å². The van der Waals surface area contributed by atoms with Gasteiger partial charge in [-0.15, -0.1) is 10.2 Å². The van der Waals surface area contributed by atoms with Gasteiger partial charge in [0, 0.05) is 18.7 Å². The second kappa shape index (κ2) is 5.39. The van der Waals surface area contributed by atoms with Crippen molar-refractivity contribution in [2.45, 2.75) is 26.3 Å². The van der Waals surface area contributed by atoms with Gasteiger partial charge >= 0.3 is 0 Å². The summed E-state index contributed by atoms with van der Waals surface area (Å²) in [7, 11) is 0. The van der Waals surface area contributed by atoms with E-state index in [4.69, 9.17) is 0 Å². The molecule has 0 aliphatic carbocycles. The van der Waals surface area contributed by atoms with Crippen molar-refractivity contribution in [3.63, 3.8) is 0 Å². The molecule has 0 fully saturated rings. The van der Waals surface area contributed by atoms with Gasteiger partial charge in [0.25, 0.3) is 5.91 Å². The fourth-order valence-electron chi connectivity index (χ4n) is 1.35. The van der Waals surface area contributed by atoms with E-state index in [1.807, 2.05) is 13.8 Å². The maximum absolute atomic E-state index is 11.7. The van der Waals surface area contributed by atoms with Crippen molar-refractivity contribution >= 4 is 5.91 Å². The van der Waals surface area contributed by atoms with Gasteiger partial charge in [0.15, 0.2) is 0 Å². The summed E-state index contributed by atoms with van der Waals surface area (Å²) in [5, 5.41) is 16.8. The van der Waals surface area contributed by atoms with E-state index in [1.165, 1.54) is 0 Å². The topological polar surface area (TPSA) is 101 Å². The molecule has 0 radical (unpaired) electrons. The molecule has 2 heterocycles. The Morgan fingerprint density at radius 1 is 1.56 bits per heavy atom. The molecule has 1 amide bonds. The summed E-state index contributed by atoms with van der Waals surface area (Å²) in [6.45, 7) is 4.97. The lowest BCUT2D eigenvalue weighted by molar-refractivity contribution is 0.0942. The molecule has 2 N–H and O–H groups in total. The number of carbonyl (C=O) groups excluding carboxylic acids is 1. The number of nitrogens with one attached hydrogen (secondary N) is 2. The van der Waals surface area contributed by atoms with Gasteiger partial charge in [-0.3, -0.25) is 14.6 Å². The Morgan fingerprint density at radius 2 is 2.39 bits per heavy atom. The summed E-state index contributed by atoms with van der Waals surface area (Å²) >= 11 is 0. The summed E-state index contributed by atoms with van der Waals surface area (Å²) in [5.41, 5.74) is 0. The number of hydrogen-bond donors (Lipinski definition) is 2. The van der Waals surface area contributed by atoms with E-state index in [1.54, 1.807) is 17.1 Å². The van der Waals surface area contributed by atoms with Crippen LogP contribution < -0.4 is 5.32 Å². The second-order valence-electron chi connectivity index (χ2n) is 4.12. The summed E-state index contributed by atoms with van der Waals surface area (Å²) in [6.07, 6.45) is 3.32. The fourth-order valence-corrected chi connectivity index (χ4v) is 1.35. The van der Waals surface area contributed by atoms with E-state index in [9.17, 15) is 4.79 Å². The number of rotatable bonds is 5. The van der Waals surface area contributed by atoms with Crippen molar-refractivity contribution in [3.8, 4) is 0 Å². The minimum absolute atomic E-state index is 0.164. The molecule has 0 bridgehead atoms. The number of carbonyl (C=O) groups is 1. The highest BCUT2D eigenvalue weighted by Gasteiger charge is 2.13. The van der Waals surface area contributed by atoms with Gasteiger partial charge in [0.1, 0.15) is 5.82 Å². The third-order valence-electron chi connectivity index (χ3n) is 2.35. The first-order valence-electron chi connectivity index (χ1n) is 5.71. The Bertz CT molecular complexity index is 502. The van der Waals surface area contributed by atoms with E-state index in [0.717, 1.165) is 0 Å². The molecule has 0 unspecified atom stereocenters. The van der Waals surface area contributed by atoms with Gasteiger partial charge in [0.05, 0.1) is 12.7 Å². The Kier molecular flexibility index (Phi) is 3.66. The molecule has 2 aromatic rings. The smallest absolute Gasteiger partial charge is 0.291 e. The summed E-state index contributed by atoms with van der Waals surface area (Å²) in [6, 6.07) is 0. The van der Waals surface area contributed by atoms with Gasteiger partial charge in [-0.1, -0.05) is 19.1 Å². The number of H-pyrrole nitrogens is 1. The number of nitrogens with zero attached hydrogens (tertiary/aromatic N) is 5. The Hall–Kier alpha value is -2.25. The second-order valence-corrected chi connectivity index (χ2v) is 4.12. The van der Waals surface area contributed by atoms with Gasteiger partial charge < -0.3 is 5.32 Å². The highest BCUT2D eigenvalue weighted by Crippen LogP contribution is 2.07. The normalized spacial score (nSPS) is 10.8. The van der Waals surface area contributed by atoms with Gasteiger partial charge in [-0.2, -0.15) is 0 Å². The maximum atomic E-state index is 11.7. The van der Waals surface area contributed by atoms with Crippen LogP contribution in [-0.2, 0) is 6.54 Å². The van der Waals surface area contributed by atoms with Crippen LogP contribution in [0.5, 0.6) is 0 Å². The zero-order valence-corrected chi connectivity index (χ0v) is 10.3. The van der Waals surface area contributed by atoms with Crippen LogP contribution in [0.25, 0.3) is 0 Å². The Labute approximate surface area is 104 Å². The molecule has 2 aromatic heterocycles. The molecule has 0 aliphatic rings. The van der Waals surface area contributed by atoms with Gasteiger partial charge in [0.2, 0.25) is 5.82 Å². The zero-order valence-electron chi connectivity index (χ0n) is 10.3. The van der Waals surface area contributed by atoms with E-state index in [0.29, 0.717) is 18.9 Å². The van der Waals surface area contributed by atoms with Crippen LogP contribution in [-0.4, -0.2) is 42.6 Å². The molecule has 0 saturated carbocycles. The van der Waals surface area contributed by atoms with Crippen molar-refractivity contribution in [2.24, 2.45) is 0 Å². The van der Waals surface area contributed by atoms with Crippen LogP contribution >= 0.6 is 0 Å². The van der Waals surface area contributed by atoms with E-state index in [-0.39, 0.29) is 17.6 Å². The molecule has 0 aliphatic heterocycles. The lowest BCUT2D eigenvalue weighted by Gasteiger charge is -2.01. The van der Waals surface area contributed by atoms with Crippen LogP contribution in [0, 0.1) is 0 Å². The molecular formula is C10H15N7O. The lowest BCUT2D eigenvalue weighted by atomic mass is 10.2. The summed E-state index contributed by atoms with van der Waals surface area (Å²) < 4.78 is 1.64. The Morgan fingerprint density at radius 3 is 3.00 bits per heavy atom. The minimum atomic E-state index is -0.293. The molecule has 8 heteroatoms. The molecule has 2 rings (SSSR count). The number of aromatic amines is 1. The van der Waals surface area contributed by atoms with Crippen LogP contribution in [0.15, 0.2) is 12.4 Å². The zero-order chi connectivity index (χ0) is 13.0. The molecule has 18 heavy (non-hydrogen) atoms. The third kappa shape index (κ3) is 2.90. The van der Waals surface area contributed by atoms with Crippen molar-refractivity contribution in [3.05, 3.63) is 24.0 Å². The van der Waals surface area contributed by atoms with Crippen molar-refractivity contribution in [1.29, 1.82) is 0 Å². The molecule has 0 spiro atoms. The van der Waals surface area contributed by atoms with Gasteiger partial charge in [-0.05, 0) is 0 Å². The highest BCUT2D eigenvalue weighted by atomic mass is 16.2. The van der Waals surface area contributed by atoms with Crippen LogP contribution in [0.4, 0.5) is 0 Å². The van der Waals surface area contributed by atoms with E-state index < -0.39 is 0 Å². The number of aromatic nitrogens is 6. The first-order chi connectivity index (χ1) is 8.66. The SMILES string of the molecule is CC(C)c1nc(C(=O)NCCn2ccnn2)n[nH]1. The van der Waals surface area contributed by atoms with E-state index >= 15 is 0 Å². The standard InChI is InChI=1S/C10H15N7O/c1-7(2)8-13-9(15-14-8)10(18)11-3-5-17-6-4-12-16-17/h4,6-7H,3,5H2,1-2H3,(H,11,18)(H,13,14,15). The minimum Gasteiger partial charge on any atom is -0.347 e. The Balaban J connectivity index is 1.83. The van der Waals surface area contributed by atoms with Crippen LogP contribution in [0.3, 0.4) is 0 Å². The average Bonchev–Trinajstić information content (AvgIpc) is 2.99. The van der Waals surface area contributed by atoms with Gasteiger partial charge in [-0.25, -0.2) is 4.98 Å². The van der Waals surface area contributed by atoms with E-state index in [2.05, 4.69) is 30.8 Å². The van der Waals surface area contributed by atoms with Crippen LogP contribution in [0.2, 0.25) is 0 Å². The molecule has 0 saturated heterocycles. The number of amides is 1. The highest BCUT2D eigenvalue weighted by molar-refractivity contribution is 5.90. The van der Waals surface area contributed by atoms with Crippen molar-refractivity contribution < 1.29 is 4.79 Å². The average molecular weight is 249 g/mol. The largest absolute Gasteiger partial charge is 0.347 e. The fraction of sp³-hybridized carbons (Fsp3) is 0.500. The monoisotopic (exact) mass is 249 g/mol. The molecule has 0 aromatic carbocycles. The predicted octanol–water partition coefficient (Wildman–Crippen LogP) is -0.0504.